The highest BCUT2D eigenvalue weighted by Gasteiger charge is 2.16. The lowest BCUT2D eigenvalue weighted by Gasteiger charge is -2.12. The van der Waals surface area contributed by atoms with Gasteiger partial charge in [-0.05, 0) is 49.2 Å². The van der Waals surface area contributed by atoms with Gasteiger partial charge in [0, 0.05) is 6.54 Å². The number of anilines is 1. The molecule has 8 nitrogen and oxygen atoms in total. The van der Waals surface area contributed by atoms with Crippen molar-refractivity contribution in [2.24, 2.45) is 0 Å². The van der Waals surface area contributed by atoms with Crippen LogP contribution in [0.4, 0.5) is 5.69 Å². The Balaban J connectivity index is 1.66. The fourth-order valence-corrected chi connectivity index (χ4v) is 3.88. The molecule has 0 spiro atoms. The zero-order valence-electron chi connectivity index (χ0n) is 19.3. The molecule has 2 aromatic carbocycles. The van der Waals surface area contributed by atoms with Crippen molar-refractivity contribution < 1.29 is 19.0 Å². The van der Waals surface area contributed by atoms with Gasteiger partial charge in [-0.1, -0.05) is 30.0 Å². The molecule has 0 atom stereocenters. The SMILES string of the molecule is C=CCn1c(COc2ccc(C)cc2OC)nnc1SCC(=O)Nc1cc(C)ccc1OC. The van der Waals surface area contributed by atoms with Gasteiger partial charge in [0.25, 0.3) is 0 Å². The molecule has 9 heteroatoms. The first kappa shape index (κ1) is 24.2. The quantitative estimate of drug-likeness (QED) is 0.329. The molecular weight excluding hydrogens is 440 g/mol. The van der Waals surface area contributed by atoms with Crippen LogP contribution in [0.1, 0.15) is 17.0 Å². The minimum Gasteiger partial charge on any atom is -0.495 e. The van der Waals surface area contributed by atoms with Crippen LogP contribution >= 0.6 is 11.8 Å². The molecule has 0 aliphatic carbocycles. The lowest BCUT2D eigenvalue weighted by atomic mass is 10.2. The smallest absolute Gasteiger partial charge is 0.234 e. The largest absolute Gasteiger partial charge is 0.495 e. The summed E-state index contributed by atoms with van der Waals surface area (Å²) in [6.07, 6.45) is 1.75. The molecule has 33 heavy (non-hydrogen) atoms. The Hall–Kier alpha value is -3.46. The molecule has 174 valence electrons. The topological polar surface area (TPSA) is 87.5 Å². The van der Waals surface area contributed by atoms with Gasteiger partial charge >= 0.3 is 0 Å². The van der Waals surface area contributed by atoms with Crippen molar-refractivity contribution in [2.45, 2.75) is 32.2 Å². The lowest BCUT2D eigenvalue weighted by molar-refractivity contribution is -0.113. The average molecular weight is 469 g/mol. The van der Waals surface area contributed by atoms with Crippen LogP contribution in [-0.4, -0.2) is 40.6 Å². The fraction of sp³-hybridized carbons (Fsp3) is 0.292. The number of hydrogen-bond acceptors (Lipinski definition) is 7. The third kappa shape index (κ3) is 6.29. The van der Waals surface area contributed by atoms with Crippen LogP contribution in [-0.2, 0) is 17.9 Å². The highest BCUT2D eigenvalue weighted by molar-refractivity contribution is 7.99. The highest BCUT2D eigenvalue weighted by atomic mass is 32.2. The van der Waals surface area contributed by atoms with Crippen molar-refractivity contribution in [2.75, 3.05) is 25.3 Å². The predicted octanol–water partition coefficient (Wildman–Crippen LogP) is 4.41. The fourth-order valence-electron chi connectivity index (χ4n) is 3.12. The second-order valence-corrected chi connectivity index (χ2v) is 8.22. The van der Waals surface area contributed by atoms with Crippen LogP contribution in [0.5, 0.6) is 17.2 Å². The average Bonchev–Trinajstić information content (AvgIpc) is 3.18. The molecule has 3 rings (SSSR count). The van der Waals surface area contributed by atoms with E-state index in [1.54, 1.807) is 20.3 Å². The second kappa shape index (κ2) is 11.4. The zero-order chi connectivity index (χ0) is 23.8. The van der Waals surface area contributed by atoms with Crippen LogP contribution < -0.4 is 19.5 Å². The molecule has 0 aliphatic heterocycles. The van der Waals surface area contributed by atoms with Gasteiger partial charge in [-0.3, -0.25) is 9.36 Å². The van der Waals surface area contributed by atoms with Crippen LogP contribution in [0.15, 0.2) is 54.2 Å². The van der Waals surface area contributed by atoms with Gasteiger partial charge in [0.15, 0.2) is 22.5 Å². The molecule has 0 fully saturated rings. The van der Waals surface area contributed by atoms with Gasteiger partial charge in [0.2, 0.25) is 5.91 Å². The maximum absolute atomic E-state index is 12.5. The predicted molar refractivity (Wildman–Crippen MR) is 129 cm³/mol. The zero-order valence-corrected chi connectivity index (χ0v) is 20.1. The molecule has 0 radical (unpaired) electrons. The number of methoxy groups -OCH3 is 2. The second-order valence-electron chi connectivity index (χ2n) is 7.28. The molecule has 0 aliphatic rings. The van der Waals surface area contributed by atoms with Crippen LogP contribution in [0.2, 0.25) is 0 Å². The van der Waals surface area contributed by atoms with Crippen molar-refractivity contribution in [3.8, 4) is 17.2 Å². The lowest BCUT2D eigenvalue weighted by Crippen LogP contribution is -2.15. The minimum atomic E-state index is -0.167. The Morgan fingerprint density at radius 1 is 1.06 bits per heavy atom. The summed E-state index contributed by atoms with van der Waals surface area (Å²) in [5, 5.41) is 12.0. The third-order valence-electron chi connectivity index (χ3n) is 4.74. The Morgan fingerprint density at radius 2 is 1.76 bits per heavy atom. The number of aryl methyl sites for hydroxylation is 2. The van der Waals surface area contributed by atoms with E-state index in [-0.39, 0.29) is 18.3 Å². The maximum Gasteiger partial charge on any atom is 0.234 e. The maximum atomic E-state index is 12.5. The normalized spacial score (nSPS) is 10.5. The number of carbonyl (C=O) groups is 1. The number of allylic oxidation sites excluding steroid dienone is 1. The first-order valence-electron chi connectivity index (χ1n) is 10.3. The summed E-state index contributed by atoms with van der Waals surface area (Å²) in [5.41, 5.74) is 2.74. The van der Waals surface area contributed by atoms with Crippen LogP contribution in [0.3, 0.4) is 0 Å². The molecule has 0 bridgehead atoms. The number of thioether (sulfide) groups is 1. The van der Waals surface area contributed by atoms with Crippen LogP contribution in [0.25, 0.3) is 0 Å². The van der Waals surface area contributed by atoms with Gasteiger partial charge in [-0.25, -0.2) is 0 Å². The number of carbonyl (C=O) groups excluding carboxylic acids is 1. The Bertz CT molecular complexity index is 1130. The molecule has 1 N–H and O–H groups in total. The van der Waals surface area contributed by atoms with Gasteiger partial charge in [0.1, 0.15) is 12.4 Å². The number of nitrogens with zero attached hydrogens (tertiary/aromatic N) is 3. The summed E-state index contributed by atoms with van der Waals surface area (Å²) >= 11 is 1.29. The van der Waals surface area contributed by atoms with Crippen LogP contribution in [0, 0.1) is 13.8 Å². The monoisotopic (exact) mass is 468 g/mol. The first-order chi connectivity index (χ1) is 15.9. The molecule has 3 aromatic rings. The van der Waals surface area contributed by atoms with Gasteiger partial charge in [-0.15, -0.1) is 16.8 Å². The van der Waals surface area contributed by atoms with E-state index in [0.29, 0.717) is 40.5 Å². The number of nitrogens with one attached hydrogen (secondary N) is 1. The Labute approximate surface area is 198 Å². The number of aromatic nitrogens is 3. The summed E-state index contributed by atoms with van der Waals surface area (Å²) in [5.74, 6) is 2.51. The van der Waals surface area contributed by atoms with Crippen molar-refractivity contribution in [1.82, 2.24) is 14.8 Å². The summed E-state index contributed by atoms with van der Waals surface area (Å²) in [7, 11) is 3.18. The van der Waals surface area contributed by atoms with E-state index in [4.69, 9.17) is 14.2 Å². The molecule has 1 heterocycles. The van der Waals surface area contributed by atoms with Crippen molar-refractivity contribution in [3.05, 3.63) is 66.0 Å². The van der Waals surface area contributed by atoms with E-state index < -0.39 is 0 Å². The minimum absolute atomic E-state index is 0.166. The molecule has 1 aromatic heterocycles. The third-order valence-corrected chi connectivity index (χ3v) is 5.71. The van der Waals surface area contributed by atoms with Crippen molar-refractivity contribution >= 4 is 23.4 Å². The Morgan fingerprint density at radius 3 is 2.45 bits per heavy atom. The van der Waals surface area contributed by atoms with Gasteiger partial charge in [0.05, 0.1) is 25.7 Å². The van der Waals surface area contributed by atoms with Crippen molar-refractivity contribution in [3.63, 3.8) is 0 Å². The molecule has 1 amide bonds. The summed E-state index contributed by atoms with van der Waals surface area (Å²) in [6, 6.07) is 11.4. The molecule has 0 saturated heterocycles. The summed E-state index contributed by atoms with van der Waals surface area (Å²) in [6.45, 7) is 8.45. The number of hydrogen-bond donors (Lipinski definition) is 1. The van der Waals surface area contributed by atoms with E-state index in [2.05, 4.69) is 22.1 Å². The molecular formula is C24H28N4O4S. The number of amides is 1. The van der Waals surface area contributed by atoms with E-state index in [0.717, 1.165) is 11.1 Å². The number of ether oxygens (including phenoxy) is 3. The molecule has 0 unspecified atom stereocenters. The highest BCUT2D eigenvalue weighted by Crippen LogP contribution is 2.29. The number of benzene rings is 2. The van der Waals surface area contributed by atoms with Gasteiger partial charge in [-0.2, -0.15) is 0 Å². The van der Waals surface area contributed by atoms with E-state index in [1.807, 2.05) is 54.8 Å². The van der Waals surface area contributed by atoms with E-state index >= 15 is 0 Å². The van der Waals surface area contributed by atoms with Gasteiger partial charge < -0.3 is 19.5 Å². The summed E-state index contributed by atoms with van der Waals surface area (Å²) < 4.78 is 18.5. The molecule has 0 saturated carbocycles. The first-order valence-corrected chi connectivity index (χ1v) is 11.3. The number of rotatable bonds is 11. The van der Waals surface area contributed by atoms with E-state index in [9.17, 15) is 4.79 Å². The summed E-state index contributed by atoms with van der Waals surface area (Å²) in [4.78, 5) is 12.5. The standard InChI is InChI=1S/C24H28N4O4S/c1-6-11-28-22(14-32-20-10-8-17(3)13-21(20)31-5)26-27-24(28)33-15-23(29)25-18-12-16(2)7-9-19(18)30-4/h6-10,12-13H,1,11,14-15H2,2-5H3,(H,25,29). The Kier molecular flexibility index (Phi) is 8.37. The van der Waals surface area contributed by atoms with Crippen molar-refractivity contribution in [1.29, 1.82) is 0 Å². The van der Waals surface area contributed by atoms with E-state index in [1.165, 1.54) is 11.8 Å².